The van der Waals surface area contributed by atoms with Crippen LogP contribution in [0, 0.1) is 0 Å². The average molecular weight is 186 g/mol. The van der Waals surface area contributed by atoms with Gasteiger partial charge < -0.3 is 9.47 Å². The third-order valence-electron chi connectivity index (χ3n) is 2.12. The topological polar surface area (TPSA) is 56.5 Å². The van der Waals surface area contributed by atoms with E-state index in [1.54, 1.807) is 0 Å². The summed E-state index contributed by atoms with van der Waals surface area (Å²) in [5.41, 5.74) is 2.71. The summed E-state index contributed by atoms with van der Waals surface area (Å²) in [6.07, 6.45) is 3.06. The molecule has 0 aromatic heterocycles. The molecule has 0 aromatic rings. The van der Waals surface area contributed by atoms with Gasteiger partial charge in [0, 0.05) is 13.0 Å². The fraction of sp³-hybridized carbons (Fsp3) is 0.778. The molecule has 1 aliphatic rings. The minimum atomic E-state index is -0.0255. The van der Waals surface area contributed by atoms with Gasteiger partial charge in [0.1, 0.15) is 11.8 Å². The molecule has 13 heavy (non-hydrogen) atoms. The van der Waals surface area contributed by atoms with Crippen molar-refractivity contribution in [3.05, 3.63) is 11.8 Å². The predicted octanol–water partition coefficient (Wildman–Crippen LogP) is 0.548. The first-order chi connectivity index (χ1) is 6.29. The van der Waals surface area contributed by atoms with Gasteiger partial charge in [-0.3, -0.25) is 5.84 Å². The highest BCUT2D eigenvalue weighted by Crippen LogP contribution is 2.16. The second-order valence-corrected chi connectivity index (χ2v) is 3.05. The maximum Gasteiger partial charge on any atom is 0.113 e. The summed E-state index contributed by atoms with van der Waals surface area (Å²) in [7, 11) is 0. The molecule has 1 heterocycles. The molecular formula is C9H18N2O2. The van der Waals surface area contributed by atoms with E-state index in [0.717, 1.165) is 18.8 Å². The van der Waals surface area contributed by atoms with Gasteiger partial charge in [0.2, 0.25) is 0 Å². The third-order valence-corrected chi connectivity index (χ3v) is 2.12. The predicted molar refractivity (Wildman–Crippen MR) is 50.9 cm³/mol. The zero-order valence-corrected chi connectivity index (χ0v) is 8.25. The largest absolute Gasteiger partial charge is 0.496 e. The third kappa shape index (κ3) is 2.69. The second-order valence-electron chi connectivity index (χ2n) is 3.05. The average Bonchev–Trinajstić information content (AvgIpc) is 2.59. The van der Waals surface area contributed by atoms with Crippen LogP contribution in [0.25, 0.3) is 0 Å². The molecule has 76 valence electrons. The zero-order chi connectivity index (χ0) is 9.68. The number of ether oxygens (including phenoxy) is 2. The van der Waals surface area contributed by atoms with Crippen molar-refractivity contribution >= 4 is 0 Å². The van der Waals surface area contributed by atoms with Crippen molar-refractivity contribution in [1.82, 2.24) is 5.43 Å². The Morgan fingerprint density at radius 1 is 1.77 bits per heavy atom. The Hall–Kier alpha value is -0.580. The molecule has 0 amide bonds. The fourth-order valence-corrected chi connectivity index (χ4v) is 1.46. The van der Waals surface area contributed by atoms with E-state index in [4.69, 9.17) is 15.3 Å². The van der Waals surface area contributed by atoms with Crippen molar-refractivity contribution in [2.24, 2.45) is 5.84 Å². The van der Waals surface area contributed by atoms with Crippen LogP contribution in [0.4, 0.5) is 0 Å². The Bertz CT molecular complexity index is 182. The van der Waals surface area contributed by atoms with Crippen molar-refractivity contribution in [2.75, 3.05) is 13.2 Å². The number of hydrazine groups is 1. The maximum atomic E-state index is 5.44. The van der Waals surface area contributed by atoms with Crippen LogP contribution in [0.3, 0.4) is 0 Å². The van der Waals surface area contributed by atoms with Gasteiger partial charge in [0.15, 0.2) is 0 Å². The quantitative estimate of drug-likeness (QED) is 0.486. The maximum absolute atomic E-state index is 5.44. The zero-order valence-electron chi connectivity index (χ0n) is 8.25. The van der Waals surface area contributed by atoms with Crippen LogP contribution in [0.15, 0.2) is 11.8 Å². The lowest BCUT2D eigenvalue weighted by Gasteiger charge is -2.23. The van der Waals surface area contributed by atoms with E-state index in [1.165, 1.54) is 0 Å². The van der Waals surface area contributed by atoms with Crippen molar-refractivity contribution in [1.29, 1.82) is 0 Å². The molecule has 0 saturated carbocycles. The summed E-state index contributed by atoms with van der Waals surface area (Å²) in [6.45, 7) is 5.39. The highest BCUT2D eigenvalue weighted by Gasteiger charge is 2.23. The van der Waals surface area contributed by atoms with Crippen LogP contribution in [-0.4, -0.2) is 25.4 Å². The molecule has 0 fully saturated rings. The summed E-state index contributed by atoms with van der Waals surface area (Å²) < 4.78 is 10.9. The van der Waals surface area contributed by atoms with E-state index in [2.05, 4.69) is 11.5 Å². The molecule has 4 nitrogen and oxygen atoms in total. The van der Waals surface area contributed by atoms with E-state index >= 15 is 0 Å². The minimum Gasteiger partial charge on any atom is -0.496 e. The van der Waals surface area contributed by atoms with Crippen LogP contribution < -0.4 is 11.3 Å². The first-order valence-electron chi connectivity index (χ1n) is 4.70. The van der Waals surface area contributed by atoms with E-state index < -0.39 is 0 Å². The molecule has 0 bridgehead atoms. The second kappa shape index (κ2) is 5.21. The van der Waals surface area contributed by atoms with Gasteiger partial charge in [-0.2, -0.15) is 0 Å². The van der Waals surface area contributed by atoms with Gasteiger partial charge >= 0.3 is 0 Å². The van der Waals surface area contributed by atoms with Gasteiger partial charge in [-0.1, -0.05) is 0 Å². The summed E-state index contributed by atoms with van der Waals surface area (Å²) in [4.78, 5) is 0. The van der Waals surface area contributed by atoms with E-state index in [1.807, 2.05) is 13.8 Å². The first kappa shape index (κ1) is 10.5. The highest BCUT2D eigenvalue weighted by molar-refractivity contribution is 5.08. The summed E-state index contributed by atoms with van der Waals surface area (Å²) >= 11 is 0. The van der Waals surface area contributed by atoms with Gasteiger partial charge in [0.25, 0.3) is 0 Å². The molecule has 1 rings (SSSR count). The summed E-state index contributed by atoms with van der Waals surface area (Å²) in [5.74, 6) is 6.34. The Balaban J connectivity index is 2.50. The van der Waals surface area contributed by atoms with Gasteiger partial charge in [-0.25, -0.2) is 5.43 Å². The Morgan fingerprint density at radius 2 is 2.54 bits per heavy atom. The normalized spacial score (nSPS) is 20.7. The van der Waals surface area contributed by atoms with Crippen LogP contribution >= 0.6 is 0 Å². The molecule has 0 saturated heterocycles. The van der Waals surface area contributed by atoms with E-state index in [9.17, 15) is 0 Å². The number of rotatable bonds is 5. The van der Waals surface area contributed by atoms with Gasteiger partial charge in [0.05, 0.1) is 12.7 Å². The van der Waals surface area contributed by atoms with Crippen LogP contribution in [0.1, 0.15) is 20.3 Å². The minimum absolute atomic E-state index is 0.0255. The fourth-order valence-electron chi connectivity index (χ4n) is 1.46. The summed E-state index contributed by atoms with van der Waals surface area (Å²) in [6, 6.07) is -0.0255. The lowest BCUT2D eigenvalue weighted by molar-refractivity contribution is 0.0407. The lowest BCUT2D eigenvalue weighted by atomic mass is 10.1. The van der Waals surface area contributed by atoms with Crippen molar-refractivity contribution in [2.45, 2.75) is 32.4 Å². The van der Waals surface area contributed by atoms with Crippen molar-refractivity contribution < 1.29 is 9.47 Å². The molecule has 4 heteroatoms. The Morgan fingerprint density at radius 3 is 3.00 bits per heavy atom. The molecule has 0 radical (unpaired) electrons. The SMILES string of the molecule is CCOC(C)C(NN)C1=CCCO1. The van der Waals surface area contributed by atoms with Crippen molar-refractivity contribution in [3.63, 3.8) is 0 Å². The Kier molecular flexibility index (Phi) is 4.21. The molecular weight excluding hydrogens is 168 g/mol. The number of nitrogens with two attached hydrogens (primary N) is 1. The van der Waals surface area contributed by atoms with Crippen LogP contribution in [-0.2, 0) is 9.47 Å². The molecule has 0 aliphatic carbocycles. The van der Waals surface area contributed by atoms with E-state index in [0.29, 0.717) is 6.61 Å². The first-order valence-corrected chi connectivity index (χ1v) is 4.70. The number of nitrogens with one attached hydrogen (secondary N) is 1. The Labute approximate surface area is 79.1 Å². The van der Waals surface area contributed by atoms with Crippen LogP contribution in [0.5, 0.6) is 0 Å². The number of hydrogen-bond acceptors (Lipinski definition) is 4. The lowest BCUT2D eigenvalue weighted by Crippen LogP contribution is -2.45. The molecule has 2 atom stereocenters. The molecule has 0 spiro atoms. The molecule has 3 N–H and O–H groups in total. The monoisotopic (exact) mass is 186 g/mol. The van der Waals surface area contributed by atoms with Gasteiger partial charge in [-0.05, 0) is 19.9 Å². The van der Waals surface area contributed by atoms with E-state index in [-0.39, 0.29) is 12.1 Å². The molecule has 0 aromatic carbocycles. The summed E-state index contributed by atoms with van der Waals surface area (Å²) in [5, 5.41) is 0. The number of hydrogen-bond donors (Lipinski definition) is 2. The van der Waals surface area contributed by atoms with Crippen molar-refractivity contribution in [3.8, 4) is 0 Å². The standard InChI is InChI=1S/C9H18N2O2/c1-3-12-7(2)9(11-10)8-5-4-6-13-8/h5,7,9,11H,3-4,6,10H2,1-2H3. The molecule has 1 aliphatic heterocycles. The smallest absolute Gasteiger partial charge is 0.113 e. The van der Waals surface area contributed by atoms with Gasteiger partial charge in [-0.15, -0.1) is 0 Å². The molecule has 2 unspecified atom stereocenters. The highest BCUT2D eigenvalue weighted by atomic mass is 16.5. The van der Waals surface area contributed by atoms with Crippen LogP contribution in [0.2, 0.25) is 0 Å².